The Kier molecular flexibility index (Phi) is 4.05. The normalized spacial score (nSPS) is 23.7. The van der Waals surface area contributed by atoms with Crippen molar-refractivity contribution in [1.29, 1.82) is 0 Å². The molecule has 2 nitrogen and oxygen atoms in total. The minimum Gasteiger partial charge on any atom is -0.497 e. The van der Waals surface area contributed by atoms with Gasteiger partial charge in [-0.1, -0.05) is 19.8 Å². The quantitative estimate of drug-likeness (QED) is 0.753. The van der Waals surface area contributed by atoms with Gasteiger partial charge in [0.25, 0.3) is 0 Å². The third kappa shape index (κ3) is 2.74. The average molecular weight is 246 g/mol. The van der Waals surface area contributed by atoms with E-state index in [1.165, 1.54) is 12.8 Å². The fraction of sp³-hybridized carbons (Fsp3) is 0.562. The van der Waals surface area contributed by atoms with Crippen LogP contribution in [0.3, 0.4) is 0 Å². The van der Waals surface area contributed by atoms with Gasteiger partial charge in [-0.2, -0.15) is 0 Å². The van der Waals surface area contributed by atoms with Crippen LogP contribution in [0.25, 0.3) is 0 Å². The first kappa shape index (κ1) is 13.1. The highest BCUT2D eigenvalue weighted by atomic mass is 16.5. The zero-order chi connectivity index (χ0) is 13.1. The van der Waals surface area contributed by atoms with Crippen molar-refractivity contribution in [3.8, 4) is 5.75 Å². The summed E-state index contributed by atoms with van der Waals surface area (Å²) in [5.74, 6) is 2.05. The number of ether oxygens (including phenoxy) is 1. The van der Waals surface area contributed by atoms with Crippen LogP contribution in [0.15, 0.2) is 18.2 Å². The molecule has 0 saturated heterocycles. The Morgan fingerprint density at radius 1 is 1.33 bits per heavy atom. The maximum atomic E-state index is 12.5. The lowest BCUT2D eigenvalue weighted by Crippen LogP contribution is -2.22. The van der Waals surface area contributed by atoms with Gasteiger partial charge < -0.3 is 4.74 Å². The van der Waals surface area contributed by atoms with Crippen molar-refractivity contribution < 1.29 is 9.53 Å². The van der Waals surface area contributed by atoms with Crippen LogP contribution in [0.4, 0.5) is 0 Å². The van der Waals surface area contributed by atoms with Crippen molar-refractivity contribution in [3.05, 3.63) is 29.3 Å². The standard InChI is InChI=1S/C16H22O2/c1-11-5-4-6-13(9-11)16(17)15-8-7-14(18-3)10-12(15)2/h7-8,10-11,13H,4-6,9H2,1-3H3. The smallest absolute Gasteiger partial charge is 0.166 e. The lowest BCUT2D eigenvalue weighted by atomic mass is 9.78. The van der Waals surface area contributed by atoms with E-state index < -0.39 is 0 Å². The van der Waals surface area contributed by atoms with Crippen LogP contribution in [0.5, 0.6) is 5.75 Å². The van der Waals surface area contributed by atoms with Gasteiger partial charge in [0.1, 0.15) is 5.75 Å². The molecule has 2 unspecified atom stereocenters. The molecule has 0 aromatic heterocycles. The summed E-state index contributed by atoms with van der Waals surface area (Å²) in [6.07, 6.45) is 4.55. The zero-order valence-corrected chi connectivity index (χ0v) is 11.5. The SMILES string of the molecule is COc1ccc(C(=O)C2CCCC(C)C2)c(C)c1. The molecule has 2 rings (SSSR count). The molecule has 0 radical (unpaired) electrons. The first-order valence-electron chi connectivity index (χ1n) is 6.80. The second kappa shape index (κ2) is 5.55. The first-order valence-corrected chi connectivity index (χ1v) is 6.80. The predicted molar refractivity (Wildman–Crippen MR) is 73.2 cm³/mol. The number of methoxy groups -OCH3 is 1. The van der Waals surface area contributed by atoms with Gasteiger partial charge in [0.15, 0.2) is 5.78 Å². The number of rotatable bonds is 3. The van der Waals surface area contributed by atoms with Crippen molar-refractivity contribution in [2.75, 3.05) is 7.11 Å². The van der Waals surface area contributed by atoms with Gasteiger partial charge in [0.2, 0.25) is 0 Å². The van der Waals surface area contributed by atoms with Crippen LogP contribution in [0.2, 0.25) is 0 Å². The van der Waals surface area contributed by atoms with E-state index in [2.05, 4.69) is 6.92 Å². The largest absolute Gasteiger partial charge is 0.497 e. The molecule has 1 aliphatic carbocycles. The fourth-order valence-electron chi connectivity index (χ4n) is 2.93. The van der Waals surface area contributed by atoms with E-state index in [4.69, 9.17) is 4.74 Å². The summed E-state index contributed by atoms with van der Waals surface area (Å²) in [5.41, 5.74) is 1.90. The van der Waals surface area contributed by atoms with Crippen molar-refractivity contribution in [1.82, 2.24) is 0 Å². The van der Waals surface area contributed by atoms with Gasteiger partial charge in [0.05, 0.1) is 7.11 Å². The number of ketones is 1. The van der Waals surface area contributed by atoms with Crippen molar-refractivity contribution in [2.45, 2.75) is 39.5 Å². The van der Waals surface area contributed by atoms with Crippen molar-refractivity contribution in [2.24, 2.45) is 11.8 Å². The highest BCUT2D eigenvalue weighted by Gasteiger charge is 2.26. The van der Waals surface area contributed by atoms with E-state index in [9.17, 15) is 4.79 Å². The Hall–Kier alpha value is -1.31. The lowest BCUT2D eigenvalue weighted by Gasteiger charge is -2.26. The Morgan fingerprint density at radius 3 is 2.72 bits per heavy atom. The molecule has 1 aromatic carbocycles. The van der Waals surface area contributed by atoms with E-state index in [0.717, 1.165) is 29.7 Å². The Labute approximate surface area is 109 Å². The summed E-state index contributed by atoms with van der Waals surface area (Å²) in [7, 11) is 1.65. The van der Waals surface area contributed by atoms with Gasteiger partial charge in [0, 0.05) is 11.5 Å². The summed E-state index contributed by atoms with van der Waals surface area (Å²) in [6.45, 7) is 4.24. The van der Waals surface area contributed by atoms with Crippen LogP contribution in [0.1, 0.15) is 48.5 Å². The van der Waals surface area contributed by atoms with Gasteiger partial charge in [-0.15, -0.1) is 0 Å². The molecule has 0 bridgehead atoms. The Balaban J connectivity index is 2.17. The lowest BCUT2D eigenvalue weighted by molar-refractivity contribution is 0.0867. The number of hydrogen-bond acceptors (Lipinski definition) is 2. The maximum Gasteiger partial charge on any atom is 0.166 e. The number of carbonyl (C=O) groups is 1. The maximum absolute atomic E-state index is 12.5. The summed E-state index contributed by atoms with van der Waals surface area (Å²) in [5, 5.41) is 0. The summed E-state index contributed by atoms with van der Waals surface area (Å²) in [4.78, 5) is 12.5. The molecule has 1 aliphatic rings. The molecule has 1 saturated carbocycles. The van der Waals surface area contributed by atoms with Gasteiger partial charge in [-0.25, -0.2) is 0 Å². The van der Waals surface area contributed by atoms with Crippen LogP contribution >= 0.6 is 0 Å². The summed E-state index contributed by atoms with van der Waals surface area (Å²) in [6, 6.07) is 5.74. The number of aryl methyl sites for hydroxylation is 1. The summed E-state index contributed by atoms with van der Waals surface area (Å²) >= 11 is 0. The van der Waals surface area contributed by atoms with Gasteiger partial charge in [-0.3, -0.25) is 4.79 Å². The molecular formula is C16H22O2. The van der Waals surface area contributed by atoms with Crippen LogP contribution in [0, 0.1) is 18.8 Å². The van der Waals surface area contributed by atoms with Crippen molar-refractivity contribution >= 4 is 5.78 Å². The van der Waals surface area contributed by atoms with Crippen LogP contribution in [-0.4, -0.2) is 12.9 Å². The summed E-state index contributed by atoms with van der Waals surface area (Å²) < 4.78 is 5.18. The van der Waals surface area contributed by atoms with E-state index in [1.54, 1.807) is 7.11 Å². The molecule has 0 N–H and O–H groups in total. The molecule has 0 spiro atoms. The molecule has 98 valence electrons. The molecule has 1 aromatic rings. The molecule has 2 heteroatoms. The van der Waals surface area contributed by atoms with Crippen molar-refractivity contribution in [3.63, 3.8) is 0 Å². The van der Waals surface area contributed by atoms with Crippen LogP contribution in [-0.2, 0) is 0 Å². The number of Topliss-reactive ketones (excluding diaryl/α,β-unsaturated/α-hetero) is 1. The number of benzene rings is 1. The van der Waals surface area contributed by atoms with E-state index in [-0.39, 0.29) is 5.92 Å². The second-order valence-electron chi connectivity index (χ2n) is 5.51. The number of carbonyl (C=O) groups excluding carboxylic acids is 1. The monoisotopic (exact) mass is 246 g/mol. The minimum absolute atomic E-state index is 0.223. The molecular weight excluding hydrogens is 224 g/mol. The van der Waals surface area contributed by atoms with Gasteiger partial charge >= 0.3 is 0 Å². The zero-order valence-electron chi connectivity index (χ0n) is 11.5. The first-order chi connectivity index (χ1) is 8.61. The molecule has 2 atom stereocenters. The molecule has 0 aliphatic heterocycles. The highest BCUT2D eigenvalue weighted by molar-refractivity contribution is 5.99. The fourth-order valence-corrected chi connectivity index (χ4v) is 2.93. The minimum atomic E-state index is 0.223. The Bertz CT molecular complexity index is 437. The second-order valence-corrected chi connectivity index (χ2v) is 5.51. The highest BCUT2D eigenvalue weighted by Crippen LogP contribution is 2.32. The average Bonchev–Trinajstić information content (AvgIpc) is 2.37. The Morgan fingerprint density at radius 2 is 2.11 bits per heavy atom. The van der Waals surface area contributed by atoms with E-state index in [0.29, 0.717) is 11.7 Å². The van der Waals surface area contributed by atoms with E-state index in [1.807, 2.05) is 25.1 Å². The molecule has 0 amide bonds. The molecule has 0 heterocycles. The molecule has 1 fully saturated rings. The van der Waals surface area contributed by atoms with E-state index >= 15 is 0 Å². The third-order valence-electron chi connectivity index (χ3n) is 4.01. The third-order valence-corrected chi connectivity index (χ3v) is 4.01. The molecule has 18 heavy (non-hydrogen) atoms. The predicted octanol–water partition coefficient (Wildman–Crippen LogP) is 4.01. The van der Waals surface area contributed by atoms with Gasteiger partial charge in [-0.05, 0) is 49.4 Å². The topological polar surface area (TPSA) is 26.3 Å². The number of hydrogen-bond donors (Lipinski definition) is 0. The van der Waals surface area contributed by atoms with Crippen LogP contribution < -0.4 is 4.74 Å².